The molecule has 5 nitrogen and oxygen atoms in total. The third-order valence-electron chi connectivity index (χ3n) is 2.99. The van der Waals surface area contributed by atoms with Gasteiger partial charge in [-0.1, -0.05) is 15.9 Å². The van der Waals surface area contributed by atoms with Crippen molar-refractivity contribution in [2.24, 2.45) is 0 Å². The van der Waals surface area contributed by atoms with E-state index in [0.717, 1.165) is 15.7 Å². The van der Waals surface area contributed by atoms with Gasteiger partial charge in [-0.3, -0.25) is 0 Å². The van der Waals surface area contributed by atoms with Crippen molar-refractivity contribution in [1.82, 2.24) is 4.98 Å². The van der Waals surface area contributed by atoms with Gasteiger partial charge in [0.1, 0.15) is 0 Å². The third kappa shape index (κ3) is 3.58. The lowest BCUT2D eigenvalue weighted by Gasteiger charge is -2.14. The van der Waals surface area contributed by atoms with Gasteiger partial charge in [0.15, 0.2) is 11.5 Å². The molecule has 0 fully saturated rings. The van der Waals surface area contributed by atoms with Crippen molar-refractivity contribution in [2.75, 3.05) is 26.6 Å². The van der Waals surface area contributed by atoms with Gasteiger partial charge in [-0.05, 0) is 29.8 Å². The van der Waals surface area contributed by atoms with Crippen molar-refractivity contribution in [3.8, 4) is 17.4 Å². The normalized spacial score (nSPS) is 10.1. The zero-order valence-corrected chi connectivity index (χ0v) is 13.7. The molecule has 0 unspecified atom stereocenters. The van der Waals surface area contributed by atoms with E-state index in [-0.39, 0.29) is 0 Å². The minimum Gasteiger partial charge on any atom is -0.493 e. The topological polar surface area (TPSA) is 52.6 Å². The minimum atomic E-state index is 0.564. The second-order valence-corrected chi connectivity index (χ2v) is 5.07. The second-order valence-electron chi connectivity index (χ2n) is 4.21. The van der Waals surface area contributed by atoms with Gasteiger partial charge in [-0.15, -0.1) is 0 Å². The number of nitrogens with zero attached hydrogens (tertiary/aromatic N) is 1. The Morgan fingerprint density at radius 2 is 1.81 bits per heavy atom. The predicted molar refractivity (Wildman–Crippen MR) is 85.4 cm³/mol. The first-order chi connectivity index (χ1) is 10.2. The van der Waals surface area contributed by atoms with Crippen molar-refractivity contribution in [3.63, 3.8) is 0 Å². The number of rotatable bonds is 6. The van der Waals surface area contributed by atoms with E-state index in [1.165, 1.54) is 0 Å². The highest BCUT2D eigenvalue weighted by Crippen LogP contribution is 2.34. The first-order valence-corrected chi connectivity index (χ1v) is 7.12. The maximum absolute atomic E-state index is 5.32. The maximum atomic E-state index is 5.32. The van der Waals surface area contributed by atoms with Crippen LogP contribution in [0.15, 0.2) is 34.9 Å². The van der Waals surface area contributed by atoms with Gasteiger partial charge in [-0.25, -0.2) is 4.98 Å². The van der Waals surface area contributed by atoms with Gasteiger partial charge >= 0.3 is 0 Å². The lowest BCUT2D eigenvalue weighted by atomic mass is 10.2. The van der Waals surface area contributed by atoms with Crippen LogP contribution >= 0.6 is 15.9 Å². The molecule has 1 aromatic carbocycles. The fourth-order valence-electron chi connectivity index (χ4n) is 1.91. The van der Waals surface area contributed by atoms with E-state index in [9.17, 15) is 0 Å². The molecule has 0 radical (unpaired) electrons. The molecule has 0 amide bonds. The molecule has 112 valence electrons. The SMILES string of the molecule is COc1cc(Br)c(CNc2cccnc2OC)cc1OC. The lowest BCUT2D eigenvalue weighted by Crippen LogP contribution is -2.04. The molecule has 0 saturated carbocycles. The van der Waals surface area contributed by atoms with Crippen LogP contribution in [-0.4, -0.2) is 26.3 Å². The number of halogens is 1. The smallest absolute Gasteiger partial charge is 0.237 e. The monoisotopic (exact) mass is 352 g/mol. The zero-order valence-electron chi connectivity index (χ0n) is 12.1. The molecule has 0 spiro atoms. The fraction of sp³-hybridized carbons (Fsp3) is 0.267. The Morgan fingerprint density at radius 1 is 1.10 bits per heavy atom. The van der Waals surface area contributed by atoms with Crippen LogP contribution in [0.1, 0.15) is 5.56 Å². The summed E-state index contributed by atoms with van der Waals surface area (Å²) in [5.74, 6) is 1.94. The Bertz CT molecular complexity index is 620. The molecule has 21 heavy (non-hydrogen) atoms. The summed E-state index contributed by atoms with van der Waals surface area (Å²) >= 11 is 3.54. The van der Waals surface area contributed by atoms with E-state index < -0.39 is 0 Å². The molecule has 1 heterocycles. The van der Waals surface area contributed by atoms with Crippen molar-refractivity contribution < 1.29 is 14.2 Å². The third-order valence-corrected chi connectivity index (χ3v) is 3.72. The van der Waals surface area contributed by atoms with Crippen LogP contribution in [-0.2, 0) is 6.54 Å². The Kier molecular flexibility index (Phi) is 5.27. The van der Waals surface area contributed by atoms with E-state index >= 15 is 0 Å². The summed E-state index contributed by atoms with van der Waals surface area (Å²) in [7, 11) is 4.83. The van der Waals surface area contributed by atoms with Gasteiger partial charge in [0.05, 0.1) is 27.0 Å². The van der Waals surface area contributed by atoms with Crippen molar-refractivity contribution in [1.29, 1.82) is 0 Å². The number of ether oxygens (including phenoxy) is 3. The van der Waals surface area contributed by atoms with Crippen LogP contribution in [0.5, 0.6) is 17.4 Å². The van der Waals surface area contributed by atoms with E-state index in [0.29, 0.717) is 23.9 Å². The van der Waals surface area contributed by atoms with Crippen LogP contribution < -0.4 is 19.5 Å². The molecule has 0 aliphatic heterocycles. The summed E-state index contributed by atoms with van der Waals surface area (Å²) in [5, 5.41) is 3.30. The quantitative estimate of drug-likeness (QED) is 0.862. The molecule has 6 heteroatoms. The van der Waals surface area contributed by atoms with Crippen LogP contribution in [0, 0.1) is 0 Å². The lowest BCUT2D eigenvalue weighted by molar-refractivity contribution is 0.354. The highest BCUT2D eigenvalue weighted by molar-refractivity contribution is 9.10. The fourth-order valence-corrected chi connectivity index (χ4v) is 2.37. The van der Waals surface area contributed by atoms with Gasteiger partial charge < -0.3 is 19.5 Å². The summed E-state index contributed by atoms with van der Waals surface area (Å²) in [6.45, 7) is 0.600. The minimum absolute atomic E-state index is 0.564. The standard InChI is InChI=1S/C15H17BrN2O3/c1-19-13-7-10(11(16)8-14(13)20-2)9-18-12-5-4-6-17-15(12)21-3/h4-8,18H,9H2,1-3H3. The summed E-state index contributed by atoms with van der Waals surface area (Å²) in [6.07, 6.45) is 1.69. The largest absolute Gasteiger partial charge is 0.493 e. The van der Waals surface area contributed by atoms with Gasteiger partial charge in [0.2, 0.25) is 5.88 Å². The average molecular weight is 353 g/mol. The summed E-state index contributed by atoms with van der Waals surface area (Å²) in [5.41, 5.74) is 1.88. The van der Waals surface area contributed by atoms with Crippen LogP contribution in [0.2, 0.25) is 0 Å². The molecular formula is C15H17BrN2O3. The van der Waals surface area contributed by atoms with Crippen molar-refractivity contribution >= 4 is 21.6 Å². The first-order valence-electron chi connectivity index (χ1n) is 6.33. The number of benzene rings is 1. The summed E-state index contributed by atoms with van der Waals surface area (Å²) in [4.78, 5) is 4.15. The van der Waals surface area contributed by atoms with Crippen molar-refractivity contribution in [2.45, 2.75) is 6.54 Å². The van der Waals surface area contributed by atoms with E-state index in [4.69, 9.17) is 14.2 Å². The van der Waals surface area contributed by atoms with Crippen LogP contribution in [0.4, 0.5) is 5.69 Å². The molecule has 0 saturated heterocycles. The summed E-state index contributed by atoms with van der Waals surface area (Å²) in [6, 6.07) is 7.59. The van der Waals surface area contributed by atoms with Crippen molar-refractivity contribution in [3.05, 3.63) is 40.5 Å². The predicted octanol–water partition coefficient (Wildman–Crippen LogP) is 3.48. The van der Waals surface area contributed by atoms with Crippen LogP contribution in [0.25, 0.3) is 0 Å². The molecule has 2 aromatic rings. The number of nitrogens with one attached hydrogen (secondary N) is 1. The van der Waals surface area contributed by atoms with Gasteiger partial charge in [0, 0.05) is 17.2 Å². The molecule has 1 N–H and O–H groups in total. The highest BCUT2D eigenvalue weighted by atomic mass is 79.9. The number of pyridine rings is 1. The Morgan fingerprint density at radius 3 is 2.48 bits per heavy atom. The van der Waals surface area contributed by atoms with Gasteiger partial charge in [0.25, 0.3) is 0 Å². The van der Waals surface area contributed by atoms with E-state index in [1.54, 1.807) is 27.5 Å². The number of hydrogen-bond acceptors (Lipinski definition) is 5. The number of methoxy groups -OCH3 is 3. The first kappa shape index (κ1) is 15.4. The van der Waals surface area contributed by atoms with E-state index in [1.807, 2.05) is 24.3 Å². The number of anilines is 1. The average Bonchev–Trinajstić information content (AvgIpc) is 2.53. The molecule has 2 rings (SSSR count). The molecule has 0 aliphatic rings. The Labute approximate surface area is 132 Å². The molecule has 1 aromatic heterocycles. The molecule has 0 atom stereocenters. The number of hydrogen-bond donors (Lipinski definition) is 1. The van der Waals surface area contributed by atoms with Crippen LogP contribution in [0.3, 0.4) is 0 Å². The molecule has 0 aliphatic carbocycles. The Balaban J connectivity index is 2.20. The number of aromatic nitrogens is 1. The summed E-state index contributed by atoms with van der Waals surface area (Å²) < 4.78 is 16.7. The zero-order chi connectivity index (χ0) is 15.2. The molecule has 0 bridgehead atoms. The Hall–Kier alpha value is -1.95. The molecular weight excluding hydrogens is 336 g/mol. The van der Waals surface area contributed by atoms with Gasteiger partial charge in [-0.2, -0.15) is 0 Å². The maximum Gasteiger partial charge on any atom is 0.237 e. The highest BCUT2D eigenvalue weighted by Gasteiger charge is 2.10. The second kappa shape index (κ2) is 7.17. The van der Waals surface area contributed by atoms with E-state index in [2.05, 4.69) is 26.2 Å².